The highest BCUT2D eigenvalue weighted by Crippen LogP contribution is 2.35. The maximum atomic E-state index is 13.4. The largest absolute Gasteiger partial charge is 0.490 e. The lowest BCUT2D eigenvalue weighted by atomic mass is 10.1. The lowest BCUT2D eigenvalue weighted by Gasteiger charge is -2.36. The number of hydrogen-bond acceptors (Lipinski definition) is 5. The van der Waals surface area contributed by atoms with E-state index >= 15 is 0 Å². The lowest BCUT2D eigenvalue weighted by molar-refractivity contribution is 0.0747. The number of piperazine rings is 1. The van der Waals surface area contributed by atoms with E-state index < -0.39 is 0 Å². The van der Waals surface area contributed by atoms with Gasteiger partial charge in [-0.05, 0) is 42.5 Å². The van der Waals surface area contributed by atoms with Crippen molar-refractivity contribution in [1.29, 1.82) is 0 Å². The summed E-state index contributed by atoms with van der Waals surface area (Å²) in [6.45, 7) is 3.79. The van der Waals surface area contributed by atoms with Gasteiger partial charge < -0.3 is 19.3 Å². The summed E-state index contributed by atoms with van der Waals surface area (Å²) < 4.78 is 26.4. The maximum absolute atomic E-state index is 13.4. The molecule has 1 saturated heterocycles. The maximum Gasteiger partial charge on any atom is 0.257 e. The summed E-state index contributed by atoms with van der Waals surface area (Å²) in [5, 5.41) is 4.57. The van der Waals surface area contributed by atoms with Crippen LogP contribution >= 0.6 is 0 Å². The summed E-state index contributed by atoms with van der Waals surface area (Å²) in [4.78, 5) is 17.4. The molecule has 3 aromatic rings. The van der Waals surface area contributed by atoms with Crippen molar-refractivity contribution in [3.8, 4) is 22.8 Å². The lowest BCUT2D eigenvalue weighted by Crippen LogP contribution is -2.48. The molecule has 0 unspecified atom stereocenters. The Bertz CT molecular complexity index is 1120. The van der Waals surface area contributed by atoms with Crippen molar-refractivity contribution in [1.82, 2.24) is 14.7 Å². The number of amides is 1. The van der Waals surface area contributed by atoms with Gasteiger partial charge in [0.1, 0.15) is 11.5 Å². The number of benzene rings is 2. The van der Waals surface area contributed by atoms with E-state index in [4.69, 9.17) is 9.47 Å². The summed E-state index contributed by atoms with van der Waals surface area (Å²) in [5.74, 6) is 1.10. The van der Waals surface area contributed by atoms with E-state index in [1.54, 1.807) is 23.0 Å². The van der Waals surface area contributed by atoms with Crippen molar-refractivity contribution in [3.63, 3.8) is 0 Å². The summed E-state index contributed by atoms with van der Waals surface area (Å²) in [6, 6.07) is 12.2. The van der Waals surface area contributed by atoms with Crippen LogP contribution in [0.4, 0.5) is 10.1 Å². The van der Waals surface area contributed by atoms with E-state index in [1.807, 2.05) is 30.1 Å². The van der Waals surface area contributed by atoms with Crippen LogP contribution in [0, 0.1) is 5.82 Å². The van der Waals surface area contributed by atoms with Crippen LogP contribution in [0.2, 0.25) is 0 Å². The number of aromatic nitrogens is 2. The highest BCUT2D eigenvalue weighted by atomic mass is 19.1. The van der Waals surface area contributed by atoms with Gasteiger partial charge in [-0.15, -0.1) is 0 Å². The number of fused-ring (bicyclic) bond motifs is 1. The number of carbonyl (C=O) groups excluding carboxylic acids is 1. The standard InChI is InChI=1S/C24H25FN4O3/c1-27-16-20(23(26-27)17-3-8-21-22(15-17)32-14-2-13-31-21)24(30)29-11-9-28(10-12-29)19-6-4-18(25)5-7-19/h3-8,15-16H,2,9-14H2,1H3. The van der Waals surface area contributed by atoms with Crippen molar-refractivity contribution in [3.05, 3.63) is 60.0 Å². The number of anilines is 1. The van der Waals surface area contributed by atoms with Crippen molar-refractivity contribution in [2.75, 3.05) is 44.3 Å². The van der Waals surface area contributed by atoms with Crippen molar-refractivity contribution in [2.24, 2.45) is 7.05 Å². The molecule has 2 aliphatic rings. The minimum Gasteiger partial charge on any atom is -0.490 e. The zero-order valence-corrected chi connectivity index (χ0v) is 18.0. The third-order valence-corrected chi connectivity index (χ3v) is 5.84. The quantitative estimate of drug-likeness (QED) is 0.630. The Morgan fingerprint density at radius 2 is 1.69 bits per heavy atom. The van der Waals surface area contributed by atoms with E-state index in [0.717, 1.165) is 17.7 Å². The number of rotatable bonds is 3. The van der Waals surface area contributed by atoms with Gasteiger partial charge in [-0.1, -0.05) is 0 Å². The average molecular weight is 436 g/mol. The predicted octanol–water partition coefficient (Wildman–Crippen LogP) is 3.35. The predicted molar refractivity (Wildman–Crippen MR) is 119 cm³/mol. The smallest absolute Gasteiger partial charge is 0.257 e. The van der Waals surface area contributed by atoms with Crippen LogP contribution in [0.5, 0.6) is 11.5 Å². The molecule has 8 heteroatoms. The third-order valence-electron chi connectivity index (χ3n) is 5.84. The number of nitrogens with zero attached hydrogens (tertiary/aromatic N) is 4. The molecule has 0 N–H and O–H groups in total. The van der Waals surface area contributed by atoms with E-state index in [2.05, 4.69) is 10.00 Å². The van der Waals surface area contributed by atoms with Crippen LogP contribution < -0.4 is 14.4 Å². The first-order chi connectivity index (χ1) is 15.6. The molecular formula is C24H25FN4O3. The molecule has 32 heavy (non-hydrogen) atoms. The second-order valence-corrected chi connectivity index (χ2v) is 8.03. The van der Waals surface area contributed by atoms with E-state index in [9.17, 15) is 9.18 Å². The number of hydrogen-bond donors (Lipinski definition) is 0. The average Bonchev–Trinajstić information content (AvgIpc) is 3.05. The van der Waals surface area contributed by atoms with Crippen LogP contribution in [0.25, 0.3) is 11.3 Å². The van der Waals surface area contributed by atoms with Gasteiger partial charge in [-0.25, -0.2) is 4.39 Å². The van der Waals surface area contributed by atoms with Crippen molar-refractivity contribution < 1.29 is 18.7 Å². The van der Waals surface area contributed by atoms with Crippen LogP contribution in [0.15, 0.2) is 48.7 Å². The number of carbonyl (C=O) groups is 1. The number of aryl methyl sites for hydroxylation is 1. The molecule has 2 aromatic carbocycles. The van der Waals surface area contributed by atoms with Gasteiger partial charge in [0.25, 0.3) is 5.91 Å². The molecule has 0 spiro atoms. The molecule has 166 valence electrons. The fraction of sp³-hybridized carbons (Fsp3) is 0.333. The molecule has 1 aromatic heterocycles. The molecule has 0 bridgehead atoms. The van der Waals surface area contributed by atoms with Crippen LogP contribution in [0.3, 0.4) is 0 Å². The molecule has 0 atom stereocenters. The molecule has 0 aliphatic carbocycles. The van der Waals surface area contributed by atoms with Crippen LogP contribution in [-0.2, 0) is 7.05 Å². The van der Waals surface area contributed by atoms with Gasteiger partial charge in [0.15, 0.2) is 11.5 Å². The molecule has 1 fully saturated rings. The zero-order chi connectivity index (χ0) is 22.1. The van der Waals surface area contributed by atoms with Gasteiger partial charge in [0.2, 0.25) is 0 Å². The van der Waals surface area contributed by atoms with Crippen molar-refractivity contribution >= 4 is 11.6 Å². The molecular weight excluding hydrogens is 411 g/mol. The Hall–Kier alpha value is -3.55. The normalized spacial score (nSPS) is 16.1. The Morgan fingerprint density at radius 1 is 0.969 bits per heavy atom. The first-order valence-corrected chi connectivity index (χ1v) is 10.8. The Kier molecular flexibility index (Phi) is 5.43. The van der Waals surface area contributed by atoms with E-state index in [0.29, 0.717) is 62.1 Å². The van der Waals surface area contributed by atoms with Gasteiger partial charge in [0, 0.05) is 57.1 Å². The summed E-state index contributed by atoms with van der Waals surface area (Å²) in [6.07, 6.45) is 2.61. The molecule has 5 rings (SSSR count). The van der Waals surface area contributed by atoms with E-state index in [1.165, 1.54) is 12.1 Å². The van der Waals surface area contributed by atoms with E-state index in [-0.39, 0.29) is 11.7 Å². The fourth-order valence-corrected chi connectivity index (χ4v) is 4.16. The molecule has 0 saturated carbocycles. The Morgan fingerprint density at radius 3 is 2.44 bits per heavy atom. The number of ether oxygens (including phenoxy) is 2. The first kappa shape index (κ1) is 20.4. The van der Waals surface area contributed by atoms with Gasteiger partial charge >= 0.3 is 0 Å². The molecule has 3 heterocycles. The van der Waals surface area contributed by atoms with Crippen molar-refractivity contribution in [2.45, 2.75) is 6.42 Å². The van der Waals surface area contributed by atoms with Gasteiger partial charge in [-0.3, -0.25) is 9.48 Å². The van der Waals surface area contributed by atoms with Gasteiger partial charge in [0.05, 0.1) is 18.8 Å². The highest BCUT2D eigenvalue weighted by molar-refractivity contribution is 6.00. The van der Waals surface area contributed by atoms with Crippen LogP contribution in [-0.4, -0.2) is 60.0 Å². The first-order valence-electron chi connectivity index (χ1n) is 10.8. The molecule has 2 aliphatic heterocycles. The zero-order valence-electron chi connectivity index (χ0n) is 18.0. The SMILES string of the molecule is Cn1cc(C(=O)N2CCN(c3ccc(F)cc3)CC2)c(-c2ccc3c(c2)OCCCO3)n1. The minimum atomic E-state index is -0.249. The minimum absolute atomic E-state index is 0.0426. The number of halogens is 1. The second kappa shape index (κ2) is 8.53. The second-order valence-electron chi connectivity index (χ2n) is 8.03. The molecule has 1 amide bonds. The topological polar surface area (TPSA) is 59.8 Å². The molecule has 0 radical (unpaired) electrons. The summed E-state index contributed by atoms with van der Waals surface area (Å²) in [5.41, 5.74) is 2.99. The Balaban J connectivity index is 1.34. The molecule has 7 nitrogen and oxygen atoms in total. The fourth-order valence-electron chi connectivity index (χ4n) is 4.16. The Labute approximate surface area is 185 Å². The highest BCUT2D eigenvalue weighted by Gasteiger charge is 2.27. The monoisotopic (exact) mass is 436 g/mol. The third kappa shape index (κ3) is 4.00. The summed E-state index contributed by atoms with van der Waals surface area (Å²) in [7, 11) is 1.82. The van der Waals surface area contributed by atoms with Crippen LogP contribution in [0.1, 0.15) is 16.8 Å². The van der Waals surface area contributed by atoms with Gasteiger partial charge in [-0.2, -0.15) is 5.10 Å². The summed E-state index contributed by atoms with van der Waals surface area (Å²) >= 11 is 0.